The van der Waals surface area contributed by atoms with Crippen molar-refractivity contribution >= 4 is 36.0 Å². The number of piperazine rings is 1. The summed E-state index contributed by atoms with van der Waals surface area (Å²) in [5.74, 6) is 1.53. The summed E-state index contributed by atoms with van der Waals surface area (Å²) in [7, 11) is 1.78. The zero-order chi connectivity index (χ0) is 17.1. The average Bonchev–Trinajstić information content (AvgIpc) is 2.54. The van der Waals surface area contributed by atoms with Crippen LogP contribution >= 0.6 is 24.0 Å². The lowest BCUT2D eigenvalue weighted by molar-refractivity contribution is 0.0911. The highest BCUT2D eigenvalue weighted by Crippen LogP contribution is 2.04. The van der Waals surface area contributed by atoms with Gasteiger partial charge >= 0.3 is 6.09 Å². The molecule has 0 aromatic carbocycles. The first-order chi connectivity index (χ1) is 11.1. The Kier molecular flexibility index (Phi) is 13.1. The summed E-state index contributed by atoms with van der Waals surface area (Å²) >= 11 is 0. The highest BCUT2D eigenvalue weighted by Gasteiger charge is 2.23. The van der Waals surface area contributed by atoms with Crippen molar-refractivity contribution in [1.82, 2.24) is 15.1 Å². The lowest BCUT2D eigenvalue weighted by atomic mass is 10.1. The third-order valence-electron chi connectivity index (χ3n) is 3.69. The molecule has 1 aliphatic rings. The van der Waals surface area contributed by atoms with Crippen LogP contribution in [0.2, 0.25) is 0 Å². The molecule has 0 radical (unpaired) electrons. The monoisotopic (exact) mass is 456 g/mol. The van der Waals surface area contributed by atoms with E-state index in [1.54, 1.807) is 11.9 Å². The summed E-state index contributed by atoms with van der Waals surface area (Å²) < 4.78 is 10.6. The summed E-state index contributed by atoms with van der Waals surface area (Å²) in [6.45, 7) is 11.7. The Bertz CT molecular complexity index is 372. The molecule has 0 atom stereocenters. The molecular formula is C16H33IN4O3. The predicted molar refractivity (Wildman–Crippen MR) is 107 cm³/mol. The van der Waals surface area contributed by atoms with Gasteiger partial charge in [0.1, 0.15) is 0 Å². The maximum atomic E-state index is 11.7. The summed E-state index contributed by atoms with van der Waals surface area (Å²) in [5.41, 5.74) is 0. The van der Waals surface area contributed by atoms with Crippen molar-refractivity contribution in [1.29, 1.82) is 0 Å². The highest BCUT2D eigenvalue weighted by atomic mass is 127. The lowest BCUT2D eigenvalue weighted by Gasteiger charge is -2.35. The average molecular weight is 456 g/mol. The van der Waals surface area contributed by atoms with E-state index in [2.05, 4.69) is 29.1 Å². The molecule has 0 spiro atoms. The number of ether oxygens (including phenoxy) is 2. The molecule has 0 aromatic rings. The minimum atomic E-state index is -0.228. The van der Waals surface area contributed by atoms with Crippen LogP contribution in [0.4, 0.5) is 4.79 Å². The van der Waals surface area contributed by atoms with Gasteiger partial charge in [0.15, 0.2) is 5.96 Å². The predicted octanol–water partition coefficient (Wildman–Crippen LogP) is 2.02. The first-order valence-corrected chi connectivity index (χ1v) is 8.53. The minimum absolute atomic E-state index is 0. The first-order valence-electron chi connectivity index (χ1n) is 8.53. The van der Waals surface area contributed by atoms with Gasteiger partial charge in [-0.3, -0.25) is 4.99 Å². The molecule has 7 nitrogen and oxygen atoms in total. The smallest absolute Gasteiger partial charge is 0.409 e. The third-order valence-corrected chi connectivity index (χ3v) is 3.69. The van der Waals surface area contributed by atoms with E-state index >= 15 is 0 Å². The maximum absolute atomic E-state index is 11.7. The van der Waals surface area contributed by atoms with Crippen LogP contribution < -0.4 is 5.32 Å². The van der Waals surface area contributed by atoms with Crippen molar-refractivity contribution in [3.05, 3.63) is 0 Å². The number of halogens is 1. The van der Waals surface area contributed by atoms with Crippen LogP contribution in [0.25, 0.3) is 0 Å². The zero-order valence-corrected chi connectivity index (χ0v) is 17.7. The highest BCUT2D eigenvalue weighted by molar-refractivity contribution is 14.0. The normalized spacial score (nSPS) is 15.3. The molecular weight excluding hydrogens is 423 g/mol. The lowest BCUT2D eigenvalue weighted by Crippen LogP contribution is -2.54. The number of nitrogens with one attached hydrogen (secondary N) is 1. The van der Waals surface area contributed by atoms with Gasteiger partial charge in [-0.05, 0) is 19.3 Å². The van der Waals surface area contributed by atoms with Gasteiger partial charge in [-0.25, -0.2) is 4.79 Å². The zero-order valence-electron chi connectivity index (χ0n) is 15.4. The molecule has 0 bridgehead atoms. The van der Waals surface area contributed by atoms with Gasteiger partial charge < -0.3 is 24.6 Å². The van der Waals surface area contributed by atoms with E-state index in [0.29, 0.717) is 32.2 Å². The molecule has 0 unspecified atom stereocenters. The summed E-state index contributed by atoms with van der Waals surface area (Å²) in [6, 6.07) is 0. The van der Waals surface area contributed by atoms with E-state index in [1.807, 2.05) is 6.92 Å². The molecule has 0 aromatic heterocycles. The number of amides is 1. The fraction of sp³-hybridized carbons (Fsp3) is 0.875. The number of carbonyl (C=O) groups is 1. The Morgan fingerprint density at radius 3 is 2.33 bits per heavy atom. The molecule has 1 saturated heterocycles. The summed E-state index contributed by atoms with van der Waals surface area (Å²) in [4.78, 5) is 19.9. The van der Waals surface area contributed by atoms with Crippen LogP contribution in [0.15, 0.2) is 4.99 Å². The van der Waals surface area contributed by atoms with Crippen LogP contribution in [0.5, 0.6) is 0 Å². The van der Waals surface area contributed by atoms with Gasteiger partial charge in [0, 0.05) is 46.4 Å². The summed E-state index contributed by atoms with van der Waals surface area (Å²) in [5, 5.41) is 3.31. The van der Waals surface area contributed by atoms with Gasteiger partial charge in [0.05, 0.1) is 13.2 Å². The molecule has 1 rings (SSSR count). The largest absolute Gasteiger partial charge is 0.450 e. The molecule has 142 valence electrons. The first kappa shape index (κ1) is 23.2. The van der Waals surface area contributed by atoms with Gasteiger partial charge in [0.25, 0.3) is 0 Å². The van der Waals surface area contributed by atoms with Crippen LogP contribution in [-0.2, 0) is 9.47 Å². The Balaban J connectivity index is 0.00000529. The number of hydrogen-bond donors (Lipinski definition) is 1. The van der Waals surface area contributed by atoms with E-state index in [0.717, 1.165) is 38.6 Å². The third kappa shape index (κ3) is 8.91. The second kappa shape index (κ2) is 13.5. The second-order valence-corrected chi connectivity index (χ2v) is 5.94. The van der Waals surface area contributed by atoms with Crippen molar-refractivity contribution < 1.29 is 14.3 Å². The Hall–Kier alpha value is -0.770. The minimum Gasteiger partial charge on any atom is -0.450 e. The number of rotatable bonds is 7. The van der Waals surface area contributed by atoms with Gasteiger partial charge in [-0.2, -0.15) is 0 Å². The second-order valence-electron chi connectivity index (χ2n) is 5.94. The maximum Gasteiger partial charge on any atom is 0.409 e. The Morgan fingerprint density at radius 1 is 1.17 bits per heavy atom. The molecule has 24 heavy (non-hydrogen) atoms. The number of hydrogen-bond acceptors (Lipinski definition) is 4. The van der Waals surface area contributed by atoms with Crippen molar-refractivity contribution in [2.75, 3.05) is 59.6 Å². The van der Waals surface area contributed by atoms with Crippen LogP contribution in [0.1, 0.15) is 27.2 Å². The van der Waals surface area contributed by atoms with E-state index in [-0.39, 0.29) is 30.1 Å². The fourth-order valence-corrected chi connectivity index (χ4v) is 2.30. The van der Waals surface area contributed by atoms with Crippen molar-refractivity contribution in [2.24, 2.45) is 10.9 Å². The quantitative estimate of drug-likeness (QED) is 0.275. The van der Waals surface area contributed by atoms with E-state index in [1.165, 1.54) is 0 Å². The number of carbonyl (C=O) groups excluding carboxylic acids is 1. The molecule has 0 saturated carbocycles. The van der Waals surface area contributed by atoms with Crippen molar-refractivity contribution in [3.63, 3.8) is 0 Å². The molecule has 1 aliphatic heterocycles. The molecule has 1 fully saturated rings. The van der Waals surface area contributed by atoms with E-state index in [4.69, 9.17) is 9.47 Å². The van der Waals surface area contributed by atoms with Gasteiger partial charge in [-0.1, -0.05) is 13.8 Å². The van der Waals surface area contributed by atoms with Crippen LogP contribution in [0, 0.1) is 5.92 Å². The topological polar surface area (TPSA) is 66.4 Å². The molecule has 8 heteroatoms. The molecule has 1 heterocycles. The van der Waals surface area contributed by atoms with Crippen LogP contribution in [-0.4, -0.2) is 81.4 Å². The molecule has 1 N–H and O–H groups in total. The van der Waals surface area contributed by atoms with Crippen molar-refractivity contribution in [2.45, 2.75) is 27.2 Å². The molecule has 1 amide bonds. The number of aliphatic imine (C=N–C) groups is 1. The molecule has 0 aliphatic carbocycles. The van der Waals surface area contributed by atoms with Crippen molar-refractivity contribution in [3.8, 4) is 0 Å². The van der Waals surface area contributed by atoms with Gasteiger partial charge in [0.2, 0.25) is 0 Å². The fourth-order valence-electron chi connectivity index (χ4n) is 2.30. The standard InChI is InChI=1S/C16H32N4O3.HI/c1-5-23-16(21)20-10-8-19(9-11-20)15(17-4)18-7-13-22-12-6-14(2)3;/h14H,5-13H2,1-4H3,(H,17,18);1H. The number of nitrogens with zero attached hydrogens (tertiary/aromatic N) is 3. The van der Waals surface area contributed by atoms with Gasteiger partial charge in [-0.15, -0.1) is 24.0 Å². The Morgan fingerprint density at radius 2 is 1.79 bits per heavy atom. The number of guanidine groups is 1. The van der Waals surface area contributed by atoms with Crippen LogP contribution in [0.3, 0.4) is 0 Å². The summed E-state index contributed by atoms with van der Waals surface area (Å²) in [6.07, 6.45) is 0.860. The van der Waals surface area contributed by atoms with E-state index in [9.17, 15) is 4.79 Å². The Labute approximate surface area is 163 Å². The van der Waals surface area contributed by atoms with E-state index < -0.39 is 0 Å². The SMILES string of the molecule is CCOC(=O)N1CCN(C(=NC)NCCOCCC(C)C)CC1.I.